The topological polar surface area (TPSA) is 84.5 Å². The Morgan fingerprint density at radius 2 is 1.92 bits per heavy atom. The molecular weight excluding hydrogens is 352 g/mol. The molecule has 128 valence electrons. The molecule has 0 spiro atoms. The second-order valence-electron chi connectivity index (χ2n) is 4.98. The van der Waals surface area contributed by atoms with Crippen molar-refractivity contribution in [2.45, 2.75) is 6.92 Å². The molecule has 2 aromatic carbocycles. The van der Waals surface area contributed by atoms with Crippen molar-refractivity contribution in [1.29, 1.82) is 0 Å². The van der Waals surface area contributed by atoms with Gasteiger partial charge < -0.3 is 10.1 Å². The minimum absolute atomic E-state index is 0.159. The number of rotatable bonds is 6. The third-order valence-corrected chi connectivity index (χ3v) is 3.85. The highest BCUT2D eigenvalue weighted by atomic mass is 35.5. The minimum Gasteiger partial charge on any atom is -0.494 e. The number of anilines is 2. The van der Waals surface area contributed by atoms with E-state index in [1.807, 2.05) is 6.92 Å². The lowest BCUT2D eigenvalue weighted by Crippen LogP contribution is -2.14. The SMILES string of the molecule is CCOc1cccc(NC(=O)c2cc(NS(C)(=O)=O)ccc2Cl)c1. The van der Waals surface area contributed by atoms with Crippen LogP contribution in [-0.4, -0.2) is 27.2 Å². The lowest BCUT2D eigenvalue weighted by molar-refractivity contribution is 0.102. The monoisotopic (exact) mass is 368 g/mol. The number of amides is 1. The molecule has 0 fully saturated rings. The number of benzene rings is 2. The first kappa shape index (κ1) is 18.1. The average molecular weight is 369 g/mol. The lowest BCUT2D eigenvalue weighted by atomic mass is 10.2. The average Bonchev–Trinajstić information content (AvgIpc) is 2.48. The van der Waals surface area contributed by atoms with E-state index in [0.29, 0.717) is 18.0 Å². The zero-order chi connectivity index (χ0) is 17.7. The van der Waals surface area contributed by atoms with Gasteiger partial charge in [0.15, 0.2) is 0 Å². The van der Waals surface area contributed by atoms with Crippen LogP contribution in [0.3, 0.4) is 0 Å². The Labute approximate surface area is 145 Å². The van der Waals surface area contributed by atoms with Crippen molar-refractivity contribution in [3.05, 3.63) is 53.1 Å². The molecule has 1 amide bonds. The van der Waals surface area contributed by atoms with Crippen LogP contribution >= 0.6 is 11.6 Å². The lowest BCUT2D eigenvalue weighted by Gasteiger charge is -2.11. The van der Waals surface area contributed by atoms with Gasteiger partial charge >= 0.3 is 0 Å². The summed E-state index contributed by atoms with van der Waals surface area (Å²) in [6, 6.07) is 11.3. The van der Waals surface area contributed by atoms with Gasteiger partial charge in [-0.1, -0.05) is 17.7 Å². The summed E-state index contributed by atoms with van der Waals surface area (Å²) in [6.45, 7) is 2.38. The molecule has 2 aromatic rings. The van der Waals surface area contributed by atoms with Crippen LogP contribution in [0.25, 0.3) is 0 Å². The summed E-state index contributed by atoms with van der Waals surface area (Å²) >= 11 is 6.05. The van der Waals surface area contributed by atoms with Gasteiger partial charge in [-0.05, 0) is 37.3 Å². The van der Waals surface area contributed by atoms with E-state index in [9.17, 15) is 13.2 Å². The molecule has 0 aliphatic rings. The van der Waals surface area contributed by atoms with Crippen molar-refractivity contribution in [3.8, 4) is 5.75 Å². The van der Waals surface area contributed by atoms with Crippen molar-refractivity contribution in [3.63, 3.8) is 0 Å². The van der Waals surface area contributed by atoms with Gasteiger partial charge in [0.05, 0.1) is 23.4 Å². The van der Waals surface area contributed by atoms with Gasteiger partial charge in [-0.3, -0.25) is 9.52 Å². The molecule has 0 aliphatic carbocycles. The molecule has 0 atom stereocenters. The van der Waals surface area contributed by atoms with Crippen molar-refractivity contribution in [2.75, 3.05) is 22.9 Å². The fourth-order valence-corrected chi connectivity index (χ4v) is 2.76. The molecule has 0 unspecified atom stereocenters. The number of nitrogens with one attached hydrogen (secondary N) is 2. The van der Waals surface area contributed by atoms with Crippen molar-refractivity contribution in [1.82, 2.24) is 0 Å². The molecule has 0 aromatic heterocycles. The third-order valence-electron chi connectivity index (χ3n) is 2.92. The van der Waals surface area contributed by atoms with E-state index in [0.717, 1.165) is 6.26 Å². The molecule has 0 radical (unpaired) electrons. The van der Waals surface area contributed by atoms with Crippen LogP contribution in [0.2, 0.25) is 5.02 Å². The van der Waals surface area contributed by atoms with E-state index in [2.05, 4.69) is 10.0 Å². The molecule has 8 heteroatoms. The van der Waals surface area contributed by atoms with Gasteiger partial charge in [0.25, 0.3) is 5.91 Å². The highest BCUT2D eigenvalue weighted by Crippen LogP contribution is 2.23. The molecule has 0 saturated carbocycles. The molecule has 0 saturated heterocycles. The Bertz CT molecular complexity index is 853. The summed E-state index contributed by atoms with van der Waals surface area (Å²) in [6.07, 6.45) is 1.03. The standard InChI is InChI=1S/C16H17ClN2O4S/c1-3-23-13-6-4-5-11(9-13)18-16(20)14-10-12(7-8-15(14)17)19-24(2,21)22/h4-10,19H,3H2,1-2H3,(H,18,20). The van der Waals surface area contributed by atoms with Crippen LogP contribution in [0.15, 0.2) is 42.5 Å². The van der Waals surface area contributed by atoms with Crippen molar-refractivity contribution < 1.29 is 17.9 Å². The maximum absolute atomic E-state index is 12.4. The van der Waals surface area contributed by atoms with Gasteiger partial charge in [0, 0.05) is 17.4 Å². The van der Waals surface area contributed by atoms with Gasteiger partial charge in [-0.25, -0.2) is 8.42 Å². The Hall–Kier alpha value is -2.25. The van der Waals surface area contributed by atoms with Crippen LogP contribution in [-0.2, 0) is 10.0 Å². The second kappa shape index (κ2) is 7.55. The van der Waals surface area contributed by atoms with Crippen LogP contribution < -0.4 is 14.8 Å². The molecule has 2 rings (SSSR count). The van der Waals surface area contributed by atoms with E-state index in [1.54, 1.807) is 24.3 Å². The van der Waals surface area contributed by atoms with Crippen molar-refractivity contribution in [2.24, 2.45) is 0 Å². The third kappa shape index (κ3) is 5.14. The molecule has 0 aliphatic heterocycles. The van der Waals surface area contributed by atoms with Gasteiger partial charge in [0.2, 0.25) is 10.0 Å². The first-order valence-corrected chi connectivity index (χ1v) is 9.37. The predicted octanol–water partition coefficient (Wildman–Crippen LogP) is 3.36. The quantitative estimate of drug-likeness (QED) is 0.818. The largest absolute Gasteiger partial charge is 0.494 e. The summed E-state index contributed by atoms with van der Waals surface area (Å²) in [5.41, 5.74) is 0.964. The second-order valence-corrected chi connectivity index (χ2v) is 7.14. The van der Waals surface area contributed by atoms with Crippen LogP contribution in [0, 0.1) is 0 Å². The summed E-state index contributed by atoms with van der Waals surface area (Å²) in [5.74, 6) is 0.180. The van der Waals surface area contributed by atoms with Crippen LogP contribution in [0.1, 0.15) is 17.3 Å². The highest BCUT2D eigenvalue weighted by molar-refractivity contribution is 7.92. The minimum atomic E-state index is -3.44. The highest BCUT2D eigenvalue weighted by Gasteiger charge is 2.13. The van der Waals surface area contributed by atoms with Crippen LogP contribution in [0.4, 0.5) is 11.4 Å². The van der Waals surface area contributed by atoms with E-state index < -0.39 is 15.9 Å². The summed E-state index contributed by atoms with van der Waals surface area (Å²) in [7, 11) is -3.44. The molecule has 0 heterocycles. The first-order chi connectivity index (χ1) is 11.3. The Balaban J connectivity index is 2.23. The Morgan fingerprint density at radius 3 is 2.58 bits per heavy atom. The Morgan fingerprint density at radius 1 is 1.17 bits per heavy atom. The number of sulfonamides is 1. The smallest absolute Gasteiger partial charge is 0.257 e. The van der Waals surface area contributed by atoms with E-state index >= 15 is 0 Å². The first-order valence-electron chi connectivity index (χ1n) is 7.10. The fourth-order valence-electron chi connectivity index (χ4n) is 2.01. The molecule has 0 bridgehead atoms. The summed E-state index contributed by atoms with van der Waals surface area (Å²) < 4.78 is 30.3. The van der Waals surface area contributed by atoms with Gasteiger partial charge in [0.1, 0.15) is 5.75 Å². The number of carbonyl (C=O) groups is 1. The van der Waals surface area contributed by atoms with Crippen LogP contribution in [0.5, 0.6) is 5.75 Å². The van der Waals surface area contributed by atoms with Crippen molar-refractivity contribution >= 4 is 38.9 Å². The number of hydrogen-bond donors (Lipinski definition) is 2. The number of ether oxygens (including phenoxy) is 1. The van der Waals surface area contributed by atoms with E-state index in [1.165, 1.54) is 18.2 Å². The molecule has 2 N–H and O–H groups in total. The Kier molecular flexibility index (Phi) is 5.69. The molecular formula is C16H17ClN2O4S. The molecule has 6 nitrogen and oxygen atoms in total. The van der Waals surface area contributed by atoms with E-state index in [-0.39, 0.29) is 16.3 Å². The maximum atomic E-state index is 12.4. The normalized spacial score (nSPS) is 11.0. The zero-order valence-corrected chi connectivity index (χ0v) is 14.7. The zero-order valence-electron chi connectivity index (χ0n) is 13.2. The fraction of sp³-hybridized carbons (Fsp3) is 0.188. The van der Waals surface area contributed by atoms with Gasteiger partial charge in [-0.2, -0.15) is 0 Å². The number of hydrogen-bond acceptors (Lipinski definition) is 4. The predicted molar refractivity (Wildman–Crippen MR) is 95.5 cm³/mol. The molecule has 24 heavy (non-hydrogen) atoms. The maximum Gasteiger partial charge on any atom is 0.257 e. The van der Waals surface area contributed by atoms with E-state index in [4.69, 9.17) is 16.3 Å². The summed E-state index contributed by atoms with van der Waals surface area (Å²) in [5, 5.41) is 2.92. The summed E-state index contributed by atoms with van der Waals surface area (Å²) in [4.78, 5) is 12.4. The van der Waals surface area contributed by atoms with Gasteiger partial charge in [-0.15, -0.1) is 0 Å². The number of halogens is 1. The number of carbonyl (C=O) groups excluding carboxylic acids is 1.